The highest BCUT2D eigenvalue weighted by atomic mass is 16.5. The van der Waals surface area contributed by atoms with Gasteiger partial charge < -0.3 is 9.47 Å². The van der Waals surface area contributed by atoms with E-state index < -0.39 is 0 Å². The lowest BCUT2D eigenvalue weighted by Gasteiger charge is -2.10. The maximum Gasteiger partial charge on any atom is 0.343 e. The van der Waals surface area contributed by atoms with Gasteiger partial charge in [0.1, 0.15) is 11.5 Å². The van der Waals surface area contributed by atoms with Gasteiger partial charge in [-0.1, -0.05) is 94.0 Å². The molecule has 0 aliphatic heterocycles. The van der Waals surface area contributed by atoms with Gasteiger partial charge in [0.15, 0.2) is 0 Å². The molecule has 41 heavy (non-hydrogen) atoms. The zero-order valence-electron chi connectivity index (χ0n) is 25.3. The Labute approximate surface area is 246 Å². The highest BCUT2D eigenvalue weighted by Crippen LogP contribution is 2.24. The van der Waals surface area contributed by atoms with E-state index in [1.165, 1.54) is 49.7 Å². The number of rotatable bonds is 16. The number of unbranched alkanes of at least 4 members (excludes halogenated alkanes) is 5. The number of carbonyl (C=O) groups is 2. The molecule has 3 aromatic carbocycles. The summed E-state index contributed by atoms with van der Waals surface area (Å²) in [5.41, 5.74) is 5.00. The second-order valence-electron chi connectivity index (χ2n) is 11.3. The summed E-state index contributed by atoms with van der Waals surface area (Å²) in [4.78, 5) is 25.0. The highest BCUT2D eigenvalue weighted by molar-refractivity contribution is 5.91. The molecule has 0 saturated heterocycles. The Hall–Kier alpha value is -3.66. The molecular formula is C37H46O4. The number of carbonyl (C=O) groups excluding carboxylic acids is 2. The van der Waals surface area contributed by atoms with Crippen molar-refractivity contribution in [3.05, 3.63) is 95.6 Å². The van der Waals surface area contributed by atoms with Gasteiger partial charge in [0, 0.05) is 6.42 Å². The Balaban J connectivity index is 1.45. The minimum absolute atomic E-state index is 0.210. The molecule has 0 N–H and O–H groups in total. The maximum absolute atomic E-state index is 12.7. The monoisotopic (exact) mass is 554 g/mol. The van der Waals surface area contributed by atoms with Crippen LogP contribution >= 0.6 is 0 Å². The summed E-state index contributed by atoms with van der Waals surface area (Å²) in [5, 5.41) is 0. The second kappa shape index (κ2) is 17.2. The van der Waals surface area contributed by atoms with E-state index in [2.05, 4.69) is 33.8 Å². The molecule has 1 atom stereocenters. The molecule has 3 aromatic rings. The summed E-state index contributed by atoms with van der Waals surface area (Å²) in [5.74, 6) is 0.777. The van der Waals surface area contributed by atoms with Crippen molar-refractivity contribution in [1.82, 2.24) is 0 Å². The van der Waals surface area contributed by atoms with E-state index in [-0.39, 0.29) is 17.9 Å². The zero-order valence-corrected chi connectivity index (χ0v) is 25.3. The van der Waals surface area contributed by atoms with Gasteiger partial charge in [-0.05, 0) is 98.5 Å². The van der Waals surface area contributed by atoms with Crippen molar-refractivity contribution in [2.45, 2.75) is 91.9 Å². The molecule has 0 radical (unpaired) electrons. The normalized spacial score (nSPS) is 11.5. The Morgan fingerprint density at radius 2 is 1.29 bits per heavy atom. The molecule has 0 aromatic heterocycles. The third kappa shape index (κ3) is 11.8. The van der Waals surface area contributed by atoms with Gasteiger partial charge in [-0.25, -0.2) is 4.79 Å². The van der Waals surface area contributed by atoms with Crippen molar-refractivity contribution in [1.29, 1.82) is 0 Å². The van der Waals surface area contributed by atoms with Gasteiger partial charge in [0.25, 0.3) is 0 Å². The molecule has 0 aliphatic rings. The van der Waals surface area contributed by atoms with E-state index >= 15 is 0 Å². The van der Waals surface area contributed by atoms with Crippen LogP contribution < -0.4 is 9.47 Å². The molecule has 0 amide bonds. The standard InChI is InChI=1S/C37H46O4/c1-5-6-7-8-9-10-14-30-15-23-35(24-16-30)41-37(39)33-19-17-31(18-20-33)32-21-25-34(26-22-32)40-36(38)27-29(4)13-11-12-28(2)3/h12,15-26,29H,5-11,13-14,27H2,1-4H3/t29-/m0/s1. The van der Waals surface area contributed by atoms with Crippen LogP contribution in [0.4, 0.5) is 0 Å². The summed E-state index contributed by atoms with van der Waals surface area (Å²) in [6.07, 6.45) is 13.3. The first-order valence-corrected chi connectivity index (χ1v) is 15.2. The number of benzene rings is 3. The summed E-state index contributed by atoms with van der Waals surface area (Å²) >= 11 is 0. The lowest BCUT2D eigenvalue weighted by Crippen LogP contribution is -2.12. The number of allylic oxidation sites excluding steroid dienone is 2. The van der Waals surface area contributed by atoms with Gasteiger partial charge in [-0.2, -0.15) is 0 Å². The molecule has 4 nitrogen and oxygen atoms in total. The Bertz CT molecular complexity index is 1230. The smallest absolute Gasteiger partial charge is 0.343 e. The maximum atomic E-state index is 12.7. The van der Waals surface area contributed by atoms with Gasteiger partial charge in [-0.15, -0.1) is 0 Å². The quantitative estimate of drug-likeness (QED) is 0.0765. The van der Waals surface area contributed by atoms with Crippen LogP contribution in [-0.2, 0) is 11.2 Å². The molecule has 3 rings (SSSR count). The lowest BCUT2D eigenvalue weighted by molar-refractivity contribution is -0.135. The van der Waals surface area contributed by atoms with Crippen LogP contribution in [0, 0.1) is 5.92 Å². The molecule has 0 saturated carbocycles. The van der Waals surface area contributed by atoms with Crippen LogP contribution in [0.2, 0.25) is 0 Å². The van der Waals surface area contributed by atoms with Gasteiger partial charge in [-0.3, -0.25) is 4.79 Å². The molecule has 0 bridgehead atoms. The Kier molecular flexibility index (Phi) is 13.4. The summed E-state index contributed by atoms with van der Waals surface area (Å²) in [6.45, 7) is 8.49. The van der Waals surface area contributed by atoms with E-state index in [1.54, 1.807) is 24.3 Å². The first-order chi connectivity index (χ1) is 19.8. The molecule has 0 fully saturated rings. The van der Waals surface area contributed by atoms with Crippen molar-refractivity contribution in [2.24, 2.45) is 5.92 Å². The first kappa shape index (κ1) is 31.9. The number of hydrogen-bond donors (Lipinski definition) is 0. The lowest BCUT2D eigenvalue weighted by atomic mass is 10.0. The average Bonchev–Trinajstić information content (AvgIpc) is 2.96. The number of hydrogen-bond acceptors (Lipinski definition) is 4. The SMILES string of the molecule is CCCCCCCCc1ccc(OC(=O)c2ccc(-c3ccc(OC(=O)C[C@@H](C)CCC=C(C)C)cc3)cc2)cc1. The van der Waals surface area contributed by atoms with Crippen molar-refractivity contribution < 1.29 is 19.1 Å². The number of aryl methyl sites for hydroxylation is 1. The van der Waals surface area contributed by atoms with Gasteiger partial charge in [0.05, 0.1) is 5.56 Å². The number of ether oxygens (including phenoxy) is 2. The predicted octanol–water partition coefficient (Wildman–Crippen LogP) is 10.2. The highest BCUT2D eigenvalue weighted by Gasteiger charge is 2.12. The first-order valence-electron chi connectivity index (χ1n) is 15.2. The third-order valence-electron chi connectivity index (χ3n) is 7.22. The van der Waals surface area contributed by atoms with Crippen LogP contribution in [0.1, 0.15) is 101 Å². The van der Waals surface area contributed by atoms with Crippen molar-refractivity contribution in [3.63, 3.8) is 0 Å². The van der Waals surface area contributed by atoms with E-state index in [0.717, 1.165) is 30.4 Å². The second-order valence-corrected chi connectivity index (χ2v) is 11.3. The Morgan fingerprint density at radius 1 is 0.732 bits per heavy atom. The minimum atomic E-state index is -0.377. The fraction of sp³-hybridized carbons (Fsp3) is 0.405. The van der Waals surface area contributed by atoms with Crippen LogP contribution in [0.3, 0.4) is 0 Å². The fourth-order valence-corrected chi connectivity index (χ4v) is 4.73. The van der Waals surface area contributed by atoms with Crippen LogP contribution in [0.25, 0.3) is 11.1 Å². The molecule has 0 aliphatic carbocycles. The van der Waals surface area contributed by atoms with Crippen LogP contribution in [0.5, 0.6) is 11.5 Å². The molecule has 218 valence electrons. The molecule has 0 spiro atoms. The molecule has 4 heteroatoms. The van der Waals surface area contributed by atoms with E-state index in [1.807, 2.05) is 48.5 Å². The van der Waals surface area contributed by atoms with Gasteiger partial charge in [0.2, 0.25) is 0 Å². The fourth-order valence-electron chi connectivity index (χ4n) is 4.73. The average molecular weight is 555 g/mol. The number of esters is 2. The van der Waals surface area contributed by atoms with Crippen LogP contribution in [-0.4, -0.2) is 11.9 Å². The van der Waals surface area contributed by atoms with E-state index in [9.17, 15) is 9.59 Å². The van der Waals surface area contributed by atoms with E-state index in [0.29, 0.717) is 23.5 Å². The molecule has 0 heterocycles. The molecule has 0 unspecified atom stereocenters. The van der Waals surface area contributed by atoms with Gasteiger partial charge >= 0.3 is 11.9 Å². The molecular weight excluding hydrogens is 508 g/mol. The van der Waals surface area contributed by atoms with Crippen molar-refractivity contribution in [3.8, 4) is 22.6 Å². The van der Waals surface area contributed by atoms with Crippen molar-refractivity contribution >= 4 is 11.9 Å². The van der Waals surface area contributed by atoms with Crippen molar-refractivity contribution in [2.75, 3.05) is 0 Å². The van der Waals surface area contributed by atoms with E-state index in [4.69, 9.17) is 9.47 Å². The minimum Gasteiger partial charge on any atom is -0.427 e. The Morgan fingerprint density at radius 3 is 1.93 bits per heavy atom. The van der Waals surface area contributed by atoms with Crippen LogP contribution in [0.15, 0.2) is 84.4 Å². The summed E-state index contributed by atoms with van der Waals surface area (Å²) < 4.78 is 11.1. The summed E-state index contributed by atoms with van der Waals surface area (Å²) in [7, 11) is 0. The topological polar surface area (TPSA) is 52.6 Å². The zero-order chi connectivity index (χ0) is 29.5. The summed E-state index contributed by atoms with van der Waals surface area (Å²) in [6, 6.07) is 22.6. The largest absolute Gasteiger partial charge is 0.427 e. The predicted molar refractivity (Wildman–Crippen MR) is 168 cm³/mol. The third-order valence-corrected chi connectivity index (χ3v) is 7.22.